The summed E-state index contributed by atoms with van der Waals surface area (Å²) >= 11 is 0. The molecule has 152 valence electrons. The number of sulfonamides is 1. The fourth-order valence-electron chi connectivity index (χ4n) is 2.78. The van der Waals surface area contributed by atoms with E-state index in [1.165, 1.54) is 36.5 Å². The lowest BCUT2D eigenvalue weighted by atomic mass is 10.1. The quantitative estimate of drug-likeness (QED) is 0.627. The molecule has 0 spiro atoms. The Balaban J connectivity index is 1.74. The van der Waals surface area contributed by atoms with E-state index < -0.39 is 10.0 Å². The van der Waals surface area contributed by atoms with Crippen LogP contribution in [-0.2, 0) is 16.6 Å². The van der Waals surface area contributed by atoms with E-state index in [9.17, 15) is 12.8 Å². The minimum absolute atomic E-state index is 0.0646. The number of methoxy groups -OCH3 is 1. The summed E-state index contributed by atoms with van der Waals surface area (Å²) in [5.41, 5.74) is 2.07. The van der Waals surface area contributed by atoms with Gasteiger partial charge in [-0.1, -0.05) is 0 Å². The number of aromatic nitrogens is 1. The maximum absolute atomic E-state index is 13.0. The second-order valence-electron chi connectivity index (χ2n) is 6.40. The number of pyridine rings is 1. The molecule has 1 heterocycles. The van der Waals surface area contributed by atoms with Gasteiger partial charge < -0.3 is 9.47 Å². The molecule has 6 nitrogen and oxygen atoms in total. The van der Waals surface area contributed by atoms with Gasteiger partial charge in [0.15, 0.2) is 0 Å². The zero-order chi connectivity index (χ0) is 21.0. The third-order valence-electron chi connectivity index (χ3n) is 4.50. The van der Waals surface area contributed by atoms with Crippen molar-refractivity contribution in [2.45, 2.75) is 25.3 Å². The Hall–Kier alpha value is -2.97. The lowest BCUT2D eigenvalue weighted by Gasteiger charge is -2.14. The van der Waals surface area contributed by atoms with Gasteiger partial charge in [0.2, 0.25) is 15.9 Å². The highest BCUT2D eigenvalue weighted by atomic mass is 32.2. The van der Waals surface area contributed by atoms with E-state index in [4.69, 9.17) is 9.47 Å². The van der Waals surface area contributed by atoms with Gasteiger partial charge in [0.05, 0.1) is 12.0 Å². The molecule has 8 heteroatoms. The van der Waals surface area contributed by atoms with Crippen LogP contribution in [0, 0.1) is 19.7 Å². The molecule has 0 fully saturated rings. The second kappa shape index (κ2) is 8.59. The summed E-state index contributed by atoms with van der Waals surface area (Å²) in [4.78, 5) is 4.30. The molecule has 0 saturated carbocycles. The molecule has 0 aliphatic rings. The predicted octanol–water partition coefficient (Wildman–Crippen LogP) is 4.12. The van der Waals surface area contributed by atoms with E-state index in [-0.39, 0.29) is 23.1 Å². The van der Waals surface area contributed by atoms with E-state index in [0.29, 0.717) is 22.6 Å². The highest BCUT2D eigenvalue weighted by Gasteiger charge is 2.19. The van der Waals surface area contributed by atoms with Gasteiger partial charge in [-0.25, -0.2) is 22.5 Å². The van der Waals surface area contributed by atoms with Crippen molar-refractivity contribution in [1.29, 1.82) is 0 Å². The monoisotopic (exact) mass is 416 g/mol. The normalized spacial score (nSPS) is 11.3. The van der Waals surface area contributed by atoms with Crippen LogP contribution in [0.25, 0.3) is 0 Å². The average Bonchev–Trinajstić information content (AvgIpc) is 2.70. The van der Waals surface area contributed by atoms with Gasteiger partial charge in [-0.15, -0.1) is 0 Å². The molecule has 1 N–H and O–H groups in total. The van der Waals surface area contributed by atoms with E-state index in [1.54, 1.807) is 32.2 Å². The summed E-state index contributed by atoms with van der Waals surface area (Å²) in [6.07, 6.45) is 1.52. The number of rotatable bonds is 7. The Morgan fingerprint density at radius 1 is 1.03 bits per heavy atom. The number of nitrogens with one attached hydrogen (secondary N) is 1. The van der Waals surface area contributed by atoms with Crippen molar-refractivity contribution >= 4 is 10.0 Å². The summed E-state index contributed by atoms with van der Waals surface area (Å²) in [7, 11) is -2.18. The topological polar surface area (TPSA) is 77.5 Å². The lowest BCUT2D eigenvalue weighted by molar-refractivity contribution is 0.410. The predicted molar refractivity (Wildman–Crippen MR) is 107 cm³/mol. The standard InChI is InChI=1S/C21H21FN2O4S/c1-14-15(2)20(9-8-19(14)27-3)29(25,26)24-13-16-10-11-23-21(12-16)28-18-6-4-17(22)5-7-18/h4-12,24H,13H2,1-3H3. The molecule has 0 unspecified atom stereocenters. The minimum Gasteiger partial charge on any atom is -0.496 e. The van der Waals surface area contributed by atoms with Gasteiger partial charge in [0.1, 0.15) is 17.3 Å². The van der Waals surface area contributed by atoms with E-state index in [1.807, 2.05) is 6.92 Å². The van der Waals surface area contributed by atoms with Crippen LogP contribution in [0.4, 0.5) is 4.39 Å². The van der Waals surface area contributed by atoms with E-state index in [0.717, 1.165) is 5.56 Å². The Morgan fingerprint density at radius 2 is 1.76 bits per heavy atom. The molecule has 3 aromatic rings. The highest BCUT2D eigenvalue weighted by molar-refractivity contribution is 7.89. The molecule has 0 amide bonds. The van der Waals surface area contributed by atoms with E-state index in [2.05, 4.69) is 9.71 Å². The van der Waals surface area contributed by atoms with Crippen LogP contribution >= 0.6 is 0 Å². The second-order valence-corrected chi connectivity index (χ2v) is 8.13. The van der Waals surface area contributed by atoms with E-state index >= 15 is 0 Å². The summed E-state index contributed by atoms with van der Waals surface area (Å²) in [6, 6.07) is 12.0. The van der Waals surface area contributed by atoms with Crippen LogP contribution in [0.5, 0.6) is 17.4 Å². The van der Waals surface area contributed by atoms with Crippen molar-refractivity contribution in [3.8, 4) is 17.4 Å². The first-order valence-corrected chi connectivity index (χ1v) is 10.3. The molecule has 0 aliphatic heterocycles. The van der Waals surface area contributed by atoms with Crippen LogP contribution in [-0.4, -0.2) is 20.5 Å². The van der Waals surface area contributed by atoms with Crippen LogP contribution in [0.2, 0.25) is 0 Å². The molecular formula is C21H21FN2O4S. The summed E-state index contributed by atoms with van der Waals surface area (Å²) < 4.78 is 51.9. The van der Waals surface area contributed by atoms with Crippen molar-refractivity contribution in [3.63, 3.8) is 0 Å². The fourth-order valence-corrected chi connectivity index (χ4v) is 4.09. The molecular weight excluding hydrogens is 395 g/mol. The SMILES string of the molecule is COc1ccc(S(=O)(=O)NCc2ccnc(Oc3ccc(F)cc3)c2)c(C)c1C. The zero-order valence-corrected chi connectivity index (χ0v) is 17.1. The Kier molecular flexibility index (Phi) is 6.14. The summed E-state index contributed by atoms with van der Waals surface area (Å²) in [5, 5.41) is 0. The number of nitrogens with zero attached hydrogens (tertiary/aromatic N) is 1. The number of halogens is 1. The average molecular weight is 416 g/mol. The van der Waals surface area contributed by atoms with Gasteiger partial charge >= 0.3 is 0 Å². The number of hydrogen-bond donors (Lipinski definition) is 1. The van der Waals surface area contributed by atoms with Gasteiger partial charge in [0.25, 0.3) is 0 Å². The Bertz CT molecular complexity index is 1120. The maximum atomic E-state index is 13.0. The largest absolute Gasteiger partial charge is 0.496 e. The highest BCUT2D eigenvalue weighted by Crippen LogP contribution is 2.27. The number of ether oxygens (including phenoxy) is 2. The molecule has 0 saturated heterocycles. The number of benzene rings is 2. The zero-order valence-electron chi connectivity index (χ0n) is 16.3. The van der Waals surface area contributed by atoms with Crippen molar-refractivity contribution in [2.75, 3.05) is 7.11 Å². The van der Waals surface area contributed by atoms with Crippen molar-refractivity contribution in [3.05, 3.63) is 77.2 Å². The molecule has 0 atom stereocenters. The first-order valence-electron chi connectivity index (χ1n) is 8.82. The molecule has 1 aromatic heterocycles. The summed E-state index contributed by atoms with van der Waals surface area (Å²) in [5.74, 6) is 0.987. The van der Waals surface area contributed by atoms with Gasteiger partial charge in [0, 0.05) is 18.8 Å². The van der Waals surface area contributed by atoms with Crippen LogP contribution < -0.4 is 14.2 Å². The molecule has 29 heavy (non-hydrogen) atoms. The molecule has 3 rings (SSSR count). The molecule has 0 bridgehead atoms. The fraction of sp³-hybridized carbons (Fsp3) is 0.190. The third kappa shape index (κ3) is 4.90. The van der Waals surface area contributed by atoms with Gasteiger partial charge in [-0.05, 0) is 73.0 Å². The molecule has 2 aromatic carbocycles. The summed E-state index contributed by atoms with van der Waals surface area (Å²) in [6.45, 7) is 3.62. The first kappa shape index (κ1) is 20.8. The number of hydrogen-bond acceptors (Lipinski definition) is 5. The van der Waals surface area contributed by atoms with Crippen molar-refractivity contribution < 1.29 is 22.3 Å². The maximum Gasteiger partial charge on any atom is 0.241 e. The third-order valence-corrected chi connectivity index (χ3v) is 6.04. The molecule has 0 radical (unpaired) electrons. The van der Waals surface area contributed by atoms with Crippen molar-refractivity contribution in [2.24, 2.45) is 0 Å². The smallest absolute Gasteiger partial charge is 0.241 e. The van der Waals surface area contributed by atoms with Crippen LogP contribution in [0.15, 0.2) is 59.6 Å². The Labute approximate surface area is 169 Å². The minimum atomic E-state index is -3.72. The van der Waals surface area contributed by atoms with Gasteiger partial charge in [-0.2, -0.15) is 0 Å². The first-order chi connectivity index (χ1) is 13.8. The molecule has 0 aliphatic carbocycles. The lowest BCUT2D eigenvalue weighted by Crippen LogP contribution is -2.24. The van der Waals surface area contributed by atoms with Crippen molar-refractivity contribution in [1.82, 2.24) is 9.71 Å². The van der Waals surface area contributed by atoms with Gasteiger partial charge in [-0.3, -0.25) is 0 Å². The Morgan fingerprint density at radius 3 is 2.45 bits per heavy atom. The van der Waals surface area contributed by atoms with Crippen LogP contribution in [0.1, 0.15) is 16.7 Å². The van der Waals surface area contributed by atoms with Crippen LogP contribution in [0.3, 0.4) is 0 Å².